The summed E-state index contributed by atoms with van der Waals surface area (Å²) in [6, 6.07) is 1.06. The highest BCUT2D eigenvalue weighted by Crippen LogP contribution is 2.52. The molecule has 5 atom stereocenters. The number of hydrogen-bond donors (Lipinski definition) is 2. The lowest BCUT2D eigenvalue weighted by atomic mass is 9.57. The zero-order valence-corrected chi connectivity index (χ0v) is 17.9. The van der Waals surface area contributed by atoms with Crippen molar-refractivity contribution in [1.29, 1.82) is 0 Å². The molecule has 134 valence electrons. The van der Waals surface area contributed by atoms with Crippen molar-refractivity contribution in [2.24, 2.45) is 16.3 Å². The normalized spacial score (nSPS) is 38.4. The number of nitrogens with zero attached hydrogens (tertiary/aromatic N) is 1. The highest BCUT2D eigenvalue weighted by Gasteiger charge is 2.59. The van der Waals surface area contributed by atoms with Gasteiger partial charge in [-0.15, -0.1) is 24.0 Å². The smallest absolute Gasteiger partial charge is 0.191 e. The Morgan fingerprint density at radius 1 is 1.26 bits per heavy atom. The Labute approximate surface area is 162 Å². The molecule has 2 aliphatic carbocycles. The maximum absolute atomic E-state index is 5.88. The van der Waals surface area contributed by atoms with Gasteiger partial charge in [-0.2, -0.15) is 11.8 Å². The number of hydrogen-bond acceptors (Lipinski definition) is 3. The minimum absolute atomic E-state index is 0. The molecule has 4 nitrogen and oxygen atoms in total. The van der Waals surface area contributed by atoms with Crippen LogP contribution in [0.1, 0.15) is 46.5 Å². The maximum atomic E-state index is 5.88. The van der Waals surface area contributed by atoms with Crippen molar-refractivity contribution in [2.75, 3.05) is 19.4 Å². The monoisotopic (exact) mass is 453 g/mol. The van der Waals surface area contributed by atoms with Gasteiger partial charge in [-0.25, -0.2) is 0 Å². The van der Waals surface area contributed by atoms with Crippen molar-refractivity contribution >= 4 is 41.7 Å². The maximum Gasteiger partial charge on any atom is 0.191 e. The summed E-state index contributed by atoms with van der Waals surface area (Å²) in [5.74, 6) is 2.86. The van der Waals surface area contributed by atoms with Crippen LogP contribution in [0.15, 0.2) is 4.99 Å². The molecule has 0 spiro atoms. The number of rotatable bonds is 4. The van der Waals surface area contributed by atoms with E-state index in [1.807, 2.05) is 7.05 Å². The second-order valence-corrected chi connectivity index (χ2v) is 9.07. The summed E-state index contributed by atoms with van der Waals surface area (Å²) in [5.41, 5.74) is 0.203. The van der Waals surface area contributed by atoms with Crippen LogP contribution >= 0.6 is 35.7 Å². The van der Waals surface area contributed by atoms with Crippen LogP contribution in [0.4, 0.5) is 0 Å². The lowest BCUT2D eigenvalue weighted by Gasteiger charge is -2.55. The Bertz CT molecular complexity index is 432. The van der Waals surface area contributed by atoms with E-state index in [1.54, 1.807) is 0 Å². The number of halogens is 1. The molecule has 1 heterocycles. The first-order valence-electron chi connectivity index (χ1n) is 8.79. The lowest BCUT2D eigenvalue weighted by Crippen LogP contribution is -2.68. The van der Waals surface area contributed by atoms with Gasteiger partial charge < -0.3 is 15.4 Å². The first-order chi connectivity index (χ1) is 10.6. The Balaban J connectivity index is 0.00000192. The Kier molecular flexibility index (Phi) is 6.94. The molecule has 3 fully saturated rings. The lowest BCUT2D eigenvalue weighted by molar-refractivity contribution is -0.106. The van der Waals surface area contributed by atoms with E-state index < -0.39 is 0 Å². The molecule has 3 rings (SSSR count). The molecule has 5 unspecified atom stereocenters. The van der Waals surface area contributed by atoms with E-state index in [0.717, 1.165) is 17.8 Å². The SMILES string of the molecule is CCSC1CCC(NC(=NC)NC2C3CCOC3C2(C)C)C1.I. The summed E-state index contributed by atoms with van der Waals surface area (Å²) in [7, 11) is 1.89. The quantitative estimate of drug-likeness (QED) is 0.390. The van der Waals surface area contributed by atoms with Crippen molar-refractivity contribution < 1.29 is 4.74 Å². The molecule has 0 amide bonds. The van der Waals surface area contributed by atoms with Gasteiger partial charge in [0.05, 0.1) is 6.10 Å². The first-order valence-corrected chi connectivity index (χ1v) is 9.84. The third kappa shape index (κ3) is 3.94. The molecular formula is C17H32IN3OS. The molecule has 2 N–H and O–H groups in total. The molecule has 0 bridgehead atoms. The van der Waals surface area contributed by atoms with Crippen molar-refractivity contribution in [3.05, 3.63) is 0 Å². The number of guanidine groups is 1. The summed E-state index contributed by atoms with van der Waals surface area (Å²) < 4.78 is 5.88. The molecule has 1 aliphatic heterocycles. The third-order valence-corrected chi connectivity index (χ3v) is 6.98. The topological polar surface area (TPSA) is 45.7 Å². The van der Waals surface area contributed by atoms with E-state index in [0.29, 0.717) is 24.1 Å². The van der Waals surface area contributed by atoms with Crippen molar-refractivity contribution in [3.63, 3.8) is 0 Å². The van der Waals surface area contributed by atoms with Crippen LogP contribution in [0.2, 0.25) is 0 Å². The summed E-state index contributed by atoms with van der Waals surface area (Å²) in [6.45, 7) is 7.80. The molecule has 2 saturated carbocycles. The van der Waals surface area contributed by atoms with Crippen molar-refractivity contribution in [3.8, 4) is 0 Å². The van der Waals surface area contributed by atoms with E-state index in [-0.39, 0.29) is 29.4 Å². The fourth-order valence-corrected chi connectivity index (χ4v) is 5.73. The van der Waals surface area contributed by atoms with Gasteiger partial charge in [0.1, 0.15) is 0 Å². The predicted molar refractivity (Wildman–Crippen MR) is 110 cm³/mol. The Hall–Kier alpha value is 0.310. The largest absolute Gasteiger partial charge is 0.377 e. The van der Waals surface area contributed by atoms with E-state index in [1.165, 1.54) is 31.4 Å². The second-order valence-electron chi connectivity index (χ2n) is 7.49. The van der Waals surface area contributed by atoms with Crippen LogP contribution in [-0.4, -0.2) is 48.8 Å². The molecule has 6 heteroatoms. The standard InChI is InChI=1S/C17H31N3OS.HI/c1-5-22-12-7-6-11(10-12)19-16(18-4)20-14-13-8-9-21-15(13)17(14,2)3;/h11-15H,5-10H2,1-4H3,(H2,18,19,20);1H. The van der Waals surface area contributed by atoms with Gasteiger partial charge in [-0.1, -0.05) is 20.8 Å². The van der Waals surface area contributed by atoms with Crippen LogP contribution < -0.4 is 10.6 Å². The fraction of sp³-hybridized carbons (Fsp3) is 0.941. The summed E-state index contributed by atoms with van der Waals surface area (Å²) in [5, 5.41) is 8.17. The summed E-state index contributed by atoms with van der Waals surface area (Å²) in [4.78, 5) is 4.47. The van der Waals surface area contributed by atoms with Crippen LogP contribution in [0.25, 0.3) is 0 Å². The molecule has 0 aromatic heterocycles. The van der Waals surface area contributed by atoms with Crippen LogP contribution in [0, 0.1) is 11.3 Å². The first kappa shape index (κ1) is 19.6. The van der Waals surface area contributed by atoms with Gasteiger partial charge in [-0.3, -0.25) is 4.99 Å². The zero-order valence-electron chi connectivity index (χ0n) is 14.8. The number of ether oxygens (including phenoxy) is 1. The zero-order chi connectivity index (χ0) is 15.7. The molecular weight excluding hydrogens is 421 g/mol. The van der Waals surface area contributed by atoms with E-state index in [4.69, 9.17) is 4.74 Å². The average molecular weight is 453 g/mol. The minimum Gasteiger partial charge on any atom is -0.377 e. The highest BCUT2D eigenvalue weighted by molar-refractivity contribution is 14.0. The van der Waals surface area contributed by atoms with E-state index in [2.05, 4.69) is 48.2 Å². The number of aliphatic imine (C=N–C) groups is 1. The molecule has 1 saturated heterocycles. The Morgan fingerprint density at radius 2 is 2.04 bits per heavy atom. The molecule has 0 aromatic rings. The fourth-order valence-electron chi connectivity index (χ4n) is 4.59. The summed E-state index contributed by atoms with van der Waals surface area (Å²) in [6.07, 6.45) is 5.48. The van der Waals surface area contributed by atoms with Gasteiger partial charge in [0, 0.05) is 42.3 Å². The Morgan fingerprint density at radius 3 is 2.74 bits per heavy atom. The minimum atomic E-state index is 0. The van der Waals surface area contributed by atoms with E-state index in [9.17, 15) is 0 Å². The third-order valence-electron chi connectivity index (χ3n) is 5.74. The van der Waals surface area contributed by atoms with Crippen LogP contribution in [0.3, 0.4) is 0 Å². The number of thioether (sulfide) groups is 1. The van der Waals surface area contributed by atoms with Gasteiger partial charge >= 0.3 is 0 Å². The molecule has 0 aromatic carbocycles. The number of fused-ring (bicyclic) bond motifs is 1. The predicted octanol–water partition coefficient (Wildman–Crippen LogP) is 3.26. The van der Waals surface area contributed by atoms with Crippen molar-refractivity contribution in [1.82, 2.24) is 10.6 Å². The second kappa shape index (κ2) is 8.13. The number of nitrogens with one attached hydrogen (secondary N) is 2. The van der Waals surface area contributed by atoms with Gasteiger partial charge in [0.25, 0.3) is 0 Å². The van der Waals surface area contributed by atoms with Gasteiger partial charge in [0.15, 0.2) is 5.96 Å². The van der Waals surface area contributed by atoms with Crippen molar-refractivity contribution in [2.45, 2.75) is 69.9 Å². The average Bonchev–Trinajstić information content (AvgIpc) is 3.11. The van der Waals surface area contributed by atoms with Crippen LogP contribution in [0.5, 0.6) is 0 Å². The molecule has 23 heavy (non-hydrogen) atoms. The van der Waals surface area contributed by atoms with E-state index >= 15 is 0 Å². The highest BCUT2D eigenvalue weighted by atomic mass is 127. The molecule has 3 aliphatic rings. The van der Waals surface area contributed by atoms with Gasteiger partial charge in [0.2, 0.25) is 0 Å². The van der Waals surface area contributed by atoms with Gasteiger partial charge in [-0.05, 0) is 31.4 Å². The summed E-state index contributed by atoms with van der Waals surface area (Å²) >= 11 is 2.10. The molecule has 0 radical (unpaired) electrons. The van der Waals surface area contributed by atoms with Crippen LogP contribution in [-0.2, 0) is 4.74 Å².